The van der Waals surface area contributed by atoms with Crippen molar-refractivity contribution in [2.75, 3.05) is 0 Å². The van der Waals surface area contributed by atoms with Crippen LogP contribution in [0.4, 0.5) is 0 Å². The molecule has 0 aliphatic rings. The third-order valence-electron chi connectivity index (χ3n) is 3.80. The fourth-order valence-electron chi connectivity index (χ4n) is 2.70. The van der Waals surface area contributed by atoms with Crippen molar-refractivity contribution in [2.45, 2.75) is 6.54 Å². The SMILES string of the molecule is C#CCn1c(=NC(=O)c2ccc(Br)s2)sc2c3ccccc3ccc21. The monoisotopic (exact) mass is 426 g/mol. The van der Waals surface area contributed by atoms with Gasteiger partial charge in [-0.3, -0.25) is 4.79 Å². The number of carbonyl (C=O) groups is 1. The van der Waals surface area contributed by atoms with Crippen molar-refractivity contribution in [1.29, 1.82) is 0 Å². The largest absolute Gasteiger partial charge is 0.305 e. The van der Waals surface area contributed by atoms with Gasteiger partial charge in [-0.25, -0.2) is 0 Å². The summed E-state index contributed by atoms with van der Waals surface area (Å²) in [7, 11) is 0. The molecule has 0 N–H and O–H groups in total. The first kappa shape index (κ1) is 16.3. The van der Waals surface area contributed by atoms with Crippen LogP contribution in [-0.2, 0) is 6.54 Å². The second-order valence-electron chi connectivity index (χ2n) is 5.33. The molecule has 0 spiro atoms. The van der Waals surface area contributed by atoms with E-state index >= 15 is 0 Å². The minimum absolute atomic E-state index is 0.252. The highest BCUT2D eigenvalue weighted by atomic mass is 79.9. The fourth-order valence-corrected chi connectivity index (χ4v) is 5.13. The fraction of sp³-hybridized carbons (Fsp3) is 0.0526. The van der Waals surface area contributed by atoms with Gasteiger partial charge in [-0.15, -0.1) is 17.8 Å². The third kappa shape index (κ3) is 2.95. The Morgan fingerprint density at radius 2 is 2.00 bits per heavy atom. The molecule has 0 saturated heterocycles. The maximum absolute atomic E-state index is 12.5. The summed E-state index contributed by atoms with van der Waals surface area (Å²) < 4.78 is 3.92. The number of hydrogen-bond acceptors (Lipinski definition) is 3. The molecule has 2 heterocycles. The number of thiophene rings is 1. The Hall–Kier alpha value is -2.20. The van der Waals surface area contributed by atoms with Gasteiger partial charge in [0, 0.05) is 5.39 Å². The van der Waals surface area contributed by atoms with Gasteiger partial charge < -0.3 is 4.57 Å². The highest BCUT2D eigenvalue weighted by Crippen LogP contribution is 2.28. The van der Waals surface area contributed by atoms with Crippen LogP contribution < -0.4 is 4.80 Å². The van der Waals surface area contributed by atoms with Crippen molar-refractivity contribution < 1.29 is 4.79 Å². The molecule has 3 nitrogen and oxygen atoms in total. The van der Waals surface area contributed by atoms with Gasteiger partial charge in [-0.05, 0) is 39.5 Å². The van der Waals surface area contributed by atoms with Crippen LogP contribution in [0.2, 0.25) is 0 Å². The summed E-state index contributed by atoms with van der Waals surface area (Å²) >= 11 is 6.24. The molecule has 2 aromatic carbocycles. The summed E-state index contributed by atoms with van der Waals surface area (Å²) in [5.74, 6) is 2.41. The highest BCUT2D eigenvalue weighted by molar-refractivity contribution is 9.11. The van der Waals surface area contributed by atoms with Gasteiger partial charge in [0.2, 0.25) is 0 Å². The minimum Gasteiger partial charge on any atom is -0.305 e. The number of amides is 1. The quantitative estimate of drug-likeness (QED) is 0.412. The molecule has 0 aliphatic heterocycles. The first-order valence-corrected chi connectivity index (χ1v) is 9.89. The molecule has 25 heavy (non-hydrogen) atoms. The zero-order valence-corrected chi connectivity index (χ0v) is 16.1. The standard InChI is InChI=1S/C19H11BrN2OS2/c1-2-11-22-14-8-7-12-5-3-4-6-13(12)17(14)25-19(22)21-18(23)15-9-10-16(20)24-15/h1,3-10H,11H2. The van der Waals surface area contributed by atoms with E-state index < -0.39 is 0 Å². The molecule has 4 aromatic rings. The summed E-state index contributed by atoms with van der Waals surface area (Å²) in [5.41, 5.74) is 1.00. The Morgan fingerprint density at radius 3 is 2.76 bits per heavy atom. The first-order valence-electron chi connectivity index (χ1n) is 7.46. The van der Waals surface area contributed by atoms with Gasteiger partial charge in [0.25, 0.3) is 5.91 Å². The van der Waals surface area contributed by atoms with Crippen molar-refractivity contribution in [3.63, 3.8) is 0 Å². The number of benzene rings is 2. The number of carbonyl (C=O) groups excluding carboxylic acids is 1. The third-order valence-corrected chi connectivity index (χ3v) is 6.54. The normalized spacial score (nSPS) is 11.9. The highest BCUT2D eigenvalue weighted by Gasteiger charge is 2.12. The number of hydrogen-bond donors (Lipinski definition) is 0. The molecule has 1 amide bonds. The molecule has 0 aliphatic carbocycles. The predicted octanol–water partition coefficient (Wildman–Crippen LogP) is 5.05. The maximum Gasteiger partial charge on any atom is 0.289 e. The Labute approximate surface area is 160 Å². The van der Waals surface area contributed by atoms with Crippen LogP contribution in [0.25, 0.3) is 21.0 Å². The van der Waals surface area contributed by atoms with E-state index in [1.807, 2.05) is 28.8 Å². The lowest BCUT2D eigenvalue weighted by Crippen LogP contribution is -2.16. The van der Waals surface area contributed by atoms with Crippen molar-refractivity contribution in [1.82, 2.24) is 4.57 Å². The second kappa shape index (κ2) is 6.60. The minimum atomic E-state index is -0.252. The molecular weight excluding hydrogens is 416 g/mol. The number of terminal acetylenes is 1. The number of rotatable bonds is 2. The Morgan fingerprint density at radius 1 is 1.16 bits per heavy atom. The average molecular weight is 427 g/mol. The zero-order valence-electron chi connectivity index (χ0n) is 12.9. The summed E-state index contributed by atoms with van der Waals surface area (Å²) in [4.78, 5) is 18.1. The van der Waals surface area contributed by atoms with E-state index in [0.29, 0.717) is 16.2 Å². The van der Waals surface area contributed by atoms with E-state index in [-0.39, 0.29) is 5.91 Å². The van der Waals surface area contributed by atoms with Crippen LogP contribution in [0, 0.1) is 12.3 Å². The molecule has 0 atom stereocenters. The molecule has 0 unspecified atom stereocenters. The lowest BCUT2D eigenvalue weighted by Gasteiger charge is -2.01. The summed E-state index contributed by atoms with van der Waals surface area (Å²) in [6, 6.07) is 15.9. The molecule has 122 valence electrons. The predicted molar refractivity (Wildman–Crippen MR) is 108 cm³/mol. The molecule has 0 bridgehead atoms. The molecule has 0 saturated carbocycles. The van der Waals surface area contributed by atoms with Crippen LogP contribution in [0.1, 0.15) is 9.67 Å². The average Bonchev–Trinajstić information content (AvgIpc) is 3.20. The van der Waals surface area contributed by atoms with Gasteiger partial charge in [-0.2, -0.15) is 4.99 Å². The topological polar surface area (TPSA) is 34.4 Å². The number of halogens is 1. The molecule has 0 fully saturated rings. The molecule has 6 heteroatoms. The van der Waals surface area contributed by atoms with Gasteiger partial charge in [0.1, 0.15) is 0 Å². The van der Waals surface area contributed by atoms with Crippen LogP contribution in [0.3, 0.4) is 0 Å². The van der Waals surface area contributed by atoms with E-state index in [0.717, 1.165) is 24.8 Å². The molecular formula is C19H11BrN2OS2. The number of nitrogens with zero attached hydrogens (tertiary/aromatic N) is 2. The lowest BCUT2D eigenvalue weighted by atomic mass is 10.1. The Kier molecular flexibility index (Phi) is 4.30. The van der Waals surface area contributed by atoms with Gasteiger partial charge >= 0.3 is 0 Å². The summed E-state index contributed by atoms with van der Waals surface area (Å²) in [5, 5.41) is 2.30. The van der Waals surface area contributed by atoms with Gasteiger partial charge in [0.15, 0.2) is 4.80 Å². The second-order valence-corrected chi connectivity index (χ2v) is 8.77. The van der Waals surface area contributed by atoms with E-state index in [2.05, 4.69) is 45.0 Å². The van der Waals surface area contributed by atoms with E-state index in [1.54, 1.807) is 6.07 Å². The Balaban J connectivity index is 1.98. The number of fused-ring (bicyclic) bond motifs is 3. The van der Waals surface area contributed by atoms with Crippen molar-refractivity contribution in [2.24, 2.45) is 4.99 Å². The first-order chi connectivity index (χ1) is 12.2. The van der Waals surface area contributed by atoms with Crippen LogP contribution in [-0.4, -0.2) is 10.5 Å². The molecule has 4 rings (SSSR count). The Bertz CT molecular complexity index is 1220. The zero-order chi connectivity index (χ0) is 17.4. The van der Waals surface area contributed by atoms with Crippen LogP contribution in [0.15, 0.2) is 57.3 Å². The van der Waals surface area contributed by atoms with Crippen LogP contribution >= 0.6 is 38.6 Å². The van der Waals surface area contributed by atoms with Crippen molar-refractivity contribution in [3.05, 3.63) is 62.0 Å². The van der Waals surface area contributed by atoms with Gasteiger partial charge in [-0.1, -0.05) is 47.6 Å². The van der Waals surface area contributed by atoms with E-state index in [4.69, 9.17) is 6.42 Å². The molecule has 0 radical (unpaired) electrons. The molecule has 2 aromatic heterocycles. The number of thiazole rings is 1. The van der Waals surface area contributed by atoms with Crippen molar-refractivity contribution >= 4 is 65.5 Å². The van der Waals surface area contributed by atoms with E-state index in [9.17, 15) is 4.79 Å². The van der Waals surface area contributed by atoms with E-state index in [1.165, 1.54) is 22.7 Å². The lowest BCUT2D eigenvalue weighted by molar-refractivity contribution is 0.100. The smallest absolute Gasteiger partial charge is 0.289 e. The van der Waals surface area contributed by atoms with Gasteiger partial charge in [0.05, 0.1) is 25.4 Å². The van der Waals surface area contributed by atoms with Crippen LogP contribution in [0.5, 0.6) is 0 Å². The van der Waals surface area contributed by atoms with Crippen molar-refractivity contribution in [3.8, 4) is 12.3 Å². The summed E-state index contributed by atoms with van der Waals surface area (Å²) in [6.45, 7) is 0.374. The maximum atomic E-state index is 12.5. The number of aromatic nitrogens is 1. The summed E-state index contributed by atoms with van der Waals surface area (Å²) in [6.07, 6.45) is 5.54.